The predicted octanol–water partition coefficient (Wildman–Crippen LogP) is 5.71. The lowest BCUT2D eigenvalue weighted by atomic mass is 10.1. The number of carbonyl (C=O) groups is 1. The normalized spacial score (nSPS) is 10.7. The zero-order chi connectivity index (χ0) is 19.4. The van der Waals surface area contributed by atoms with Gasteiger partial charge in [-0.1, -0.05) is 47.5 Å². The first-order valence-corrected chi connectivity index (χ1v) is 9.98. The van der Waals surface area contributed by atoms with Crippen LogP contribution >= 0.6 is 34.5 Å². The van der Waals surface area contributed by atoms with E-state index in [2.05, 4.69) is 15.6 Å². The molecule has 7 heteroatoms. The number of carbonyl (C=O) groups excluding carboxylic acids is 1. The molecule has 0 aliphatic carbocycles. The predicted molar refractivity (Wildman–Crippen MR) is 114 cm³/mol. The molecule has 0 radical (unpaired) electrons. The summed E-state index contributed by atoms with van der Waals surface area (Å²) >= 11 is 13.7. The molecule has 0 saturated carbocycles. The Hall–Kier alpha value is -2.08. The molecule has 3 aromatic rings. The van der Waals surface area contributed by atoms with Gasteiger partial charge in [0.1, 0.15) is 0 Å². The number of thiazole rings is 1. The number of amides is 1. The number of halogens is 2. The Morgan fingerprint density at radius 3 is 2.81 bits per heavy atom. The number of hydrogen-bond donors (Lipinski definition) is 2. The van der Waals surface area contributed by atoms with Crippen LogP contribution in [0.25, 0.3) is 0 Å². The molecule has 1 aromatic heterocycles. The topological polar surface area (TPSA) is 54.0 Å². The van der Waals surface area contributed by atoms with Gasteiger partial charge in [0, 0.05) is 23.2 Å². The standard InChI is InChI=1S/C20H19Cl2N3OS/c1-12-6-7-13(2)17(8-12)23-11-18(26)25-20-24-10-15(27-20)9-14-4-3-5-16(21)19(14)22/h3-8,10,23H,9,11H2,1-2H3,(H,24,25,26). The van der Waals surface area contributed by atoms with E-state index < -0.39 is 0 Å². The first-order chi connectivity index (χ1) is 12.9. The molecule has 0 aliphatic heterocycles. The van der Waals surface area contributed by atoms with Crippen molar-refractivity contribution in [2.75, 3.05) is 17.2 Å². The maximum atomic E-state index is 12.2. The fourth-order valence-electron chi connectivity index (χ4n) is 2.58. The van der Waals surface area contributed by atoms with E-state index in [4.69, 9.17) is 23.2 Å². The van der Waals surface area contributed by atoms with Crippen molar-refractivity contribution < 1.29 is 4.79 Å². The van der Waals surface area contributed by atoms with Crippen molar-refractivity contribution in [2.24, 2.45) is 0 Å². The van der Waals surface area contributed by atoms with Crippen molar-refractivity contribution in [3.05, 3.63) is 74.2 Å². The van der Waals surface area contributed by atoms with Crippen LogP contribution in [0.5, 0.6) is 0 Å². The SMILES string of the molecule is Cc1ccc(C)c(NCC(=O)Nc2ncc(Cc3cccc(Cl)c3Cl)s2)c1. The number of rotatable bonds is 6. The van der Waals surface area contributed by atoms with E-state index in [-0.39, 0.29) is 12.5 Å². The maximum absolute atomic E-state index is 12.2. The number of nitrogens with one attached hydrogen (secondary N) is 2. The van der Waals surface area contributed by atoms with Gasteiger partial charge in [0.15, 0.2) is 5.13 Å². The fourth-order valence-corrected chi connectivity index (χ4v) is 3.82. The summed E-state index contributed by atoms with van der Waals surface area (Å²) in [5.74, 6) is -0.141. The molecule has 1 heterocycles. The Morgan fingerprint density at radius 2 is 2.00 bits per heavy atom. The summed E-state index contributed by atoms with van der Waals surface area (Å²) in [5, 5.41) is 7.64. The van der Waals surface area contributed by atoms with Gasteiger partial charge in [-0.25, -0.2) is 4.98 Å². The molecule has 0 bridgehead atoms. The molecule has 140 valence electrons. The summed E-state index contributed by atoms with van der Waals surface area (Å²) in [4.78, 5) is 17.5. The lowest BCUT2D eigenvalue weighted by Crippen LogP contribution is -2.22. The molecule has 0 atom stereocenters. The average Bonchev–Trinajstić information content (AvgIpc) is 3.06. The monoisotopic (exact) mass is 419 g/mol. The highest BCUT2D eigenvalue weighted by molar-refractivity contribution is 7.15. The van der Waals surface area contributed by atoms with Crippen LogP contribution in [0, 0.1) is 13.8 Å². The highest BCUT2D eigenvalue weighted by atomic mass is 35.5. The molecule has 4 nitrogen and oxygen atoms in total. The third-order valence-electron chi connectivity index (χ3n) is 4.03. The van der Waals surface area contributed by atoms with Crippen LogP contribution in [0.1, 0.15) is 21.6 Å². The summed E-state index contributed by atoms with van der Waals surface area (Å²) in [7, 11) is 0. The molecule has 0 spiro atoms. The maximum Gasteiger partial charge on any atom is 0.245 e. The summed E-state index contributed by atoms with van der Waals surface area (Å²) in [5.41, 5.74) is 4.14. The molecule has 3 rings (SSSR count). The van der Waals surface area contributed by atoms with Gasteiger partial charge in [0.05, 0.1) is 16.6 Å². The lowest BCUT2D eigenvalue weighted by Gasteiger charge is -2.10. The minimum Gasteiger partial charge on any atom is -0.376 e. The molecule has 0 unspecified atom stereocenters. The van der Waals surface area contributed by atoms with Gasteiger partial charge in [0.25, 0.3) is 0 Å². The van der Waals surface area contributed by atoms with Gasteiger partial charge >= 0.3 is 0 Å². The Labute approximate surface area is 172 Å². The molecule has 0 aliphatic rings. The second-order valence-electron chi connectivity index (χ2n) is 6.24. The van der Waals surface area contributed by atoms with E-state index in [0.29, 0.717) is 21.6 Å². The lowest BCUT2D eigenvalue weighted by molar-refractivity contribution is -0.114. The number of hydrogen-bond acceptors (Lipinski definition) is 4. The van der Waals surface area contributed by atoms with Gasteiger partial charge in [0.2, 0.25) is 5.91 Å². The van der Waals surface area contributed by atoms with Crippen molar-refractivity contribution in [1.82, 2.24) is 4.98 Å². The molecule has 1 amide bonds. The zero-order valence-electron chi connectivity index (χ0n) is 15.0. The highest BCUT2D eigenvalue weighted by Gasteiger charge is 2.10. The minimum atomic E-state index is -0.141. The molecule has 0 fully saturated rings. The summed E-state index contributed by atoms with van der Waals surface area (Å²) in [6, 6.07) is 11.7. The van der Waals surface area contributed by atoms with Crippen molar-refractivity contribution >= 4 is 51.3 Å². The number of benzene rings is 2. The number of nitrogens with zero attached hydrogens (tertiary/aromatic N) is 1. The Morgan fingerprint density at radius 1 is 1.19 bits per heavy atom. The van der Waals surface area contributed by atoms with Gasteiger partial charge in [-0.3, -0.25) is 4.79 Å². The smallest absolute Gasteiger partial charge is 0.245 e. The second kappa shape index (κ2) is 8.74. The zero-order valence-corrected chi connectivity index (χ0v) is 17.3. The average molecular weight is 420 g/mol. The van der Waals surface area contributed by atoms with E-state index in [0.717, 1.165) is 27.3 Å². The van der Waals surface area contributed by atoms with Crippen molar-refractivity contribution in [1.29, 1.82) is 0 Å². The Kier molecular flexibility index (Phi) is 6.37. The molecule has 2 aromatic carbocycles. The van der Waals surface area contributed by atoms with Crippen LogP contribution in [0.4, 0.5) is 10.8 Å². The van der Waals surface area contributed by atoms with E-state index in [1.54, 1.807) is 12.3 Å². The Balaban J connectivity index is 1.58. The van der Waals surface area contributed by atoms with Crippen LogP contribution in [0.2, 0.25) is 10.0 Å². The number of aryl methyl sites for hydroxylation is 2. The van der Waals surface area contributed by atoms with Crippen LogP contribution in [0.3, 0.4) is 0 Å². The first-order valence-electron chi connectivity index (χ1n) is 8.41. The van der Waals surface area contributed by atoms with E-state index in [1.807, 2.05) is 44.2 Å². The fraction of sp³-hybridized carbons (Fsp3) is 0.200. The van der Waals surface area contributed by atoms with Crippen molar-refractivity contribution in [2.45, 2.75) is 20.3 Å². The third-order valence-corrected chi connectivity index (χ3v) is 5.80. The van der Waals surface area contributed by atoms with Gasteiger partial charge < -0.3 is 10.6 Å². The summed E-state index contributed by atoms with van der Waals surface area (Å²) < 4.78 is 0. The summed E-state index contributed by atoms with van der Waals surface area (Å²) in [6.07, 6.45) is 2.36. The van der Waals surface area contributed by atoms with Crippen LogP contribution < -0.4 is 10.6 Å². The van der Waals surface area contributed by atoms with Gasteiger partial charge in [-0.05, 0) is 42.7 Å². The largest absolute Gasteiger partial charge is 0.376 e. The van der Waals surface area contributed by atoms with E-state index >= 15 is 0 Å². The summed E-state index contributed by atoms with van der Waals surface area (Å²) in [6.45, 7) is 4.21. The van der Waals surface area contributed by atoms with E-state index in [9.17, 15) is 4.79 Å². The Bertz CT molecular complexity index is 972. The second-order valence-corrected chi connectivity index (χ2v) is 8.14. The number of aromatic nitrogens is 1. The molecular formula is C20H19Cl2N3OS. The molecular weight excluding hydrogens is 401 g/mol. The third kappa shape index (κ3) is 5.22. The molecule has 2 N–H and O–H groups in total. The van der Waals surface area contributed by atoms with Crippen molar-refractivity contribution in [3.8, 4) is 0 Å². The quantitative estimate of drug-likeness (QED) is 0.537. The van der Waals surface area contributed by atoms with Gasteiger partial charge in [-0.15, -0.1) is 11.3 Å². The van der Waals surface area contributed by atoms with Crippen LogP contribution in [-0.4, -0.2) is 17.4 Å². The minimum absolute atomic E-state index is 0.141. The van der Waals surface area contributed by atoms with Crippen LogP contribution in [0.15, 0.2) is 42.6 Å². The van der Waals surface area contributed by atoms with E-state index in [1.165, 1.54) is 11.3 Å². The highest BCUT2D eigenvalue weighted by Crippen LogP contribution is 2.29. The number of anilines is 2. The molecule has 27 heavy (non-hydrogen) atoms. The molecule has 0 saturated heterocycles. The van der Waals surface area contributed by atoms with Crippen molar-refractivity contribution in [3.63, 3.8) is 0 Å². The first kappa shape index (κ1) is 19.7. The van der Waals surface area contributed by atoms with Crippen LogP contribution in [-0.2, 0) is 11.2 Å². The van der Waals surface area contributed by atoms with Gasteiger partial charge in [-0.2, -0.15) is 0 Å².